The van der Waals surface area contributed by atoms with Gasteiger partial charge in [0.05, 0.1) is 12.4 Å². The third-order valence-corrected chi connectivity index (χ3v) is 4.74. The van der Waals surface area contributed by atoms with Gasteiger partial charge in [-0.2, -0.15) is 0 Å². The van der Waals surface area contributed by atoms with Gasteiger partial charge in [0.2, 0.25) is 5.91 Å². The lowest BCUT2D eigenvalue weighted by Gasteiger charge is -2.11. The number of nitrogens with one attached hydrogen (secondary N) is 1. The van der Waals surface area contributed by atoms with E-state index in [1.54, 1.807) is 11.8 Å². The Labute approximate surface area is 149 Å². The first-order valence-electron chi connectivity index (χ1n) is 7.38. The summed E-state index contributed by atoms with van der Waals surface area (Å²) >= 11 is 4.96. The van der Waals surface area contributed by atoms with Gasteiger partial charge >= 0.3 is 0 Å². The summed E-state index contributed by atoms with van der Waals surface area (Å²) in [6.07, 6.45) is 0. The fraction of sp³-hybridized carbons (Fsp3) is 0.278. The smallest absolute Gasteiger partial charge is 0.234 e. The van der Waals surface area contributed by atoms with E-state index >= 15 is 0 Å². The summed E-state index contributed by atoms with van der Waals surface area (Å²) in [6.45, 7) is 4.59. The number of hydrogen-bond donors (Lipinski definition) is 1. The first-order chi connectivity index (χ1) is 11.1. The number of hydrogen-bond acceptors (Lipinski definition) is 3. The maximum absolute atomic E-state index is 12.0. The Bertz CT molecular complexity index is 638. The quantitative estimate of drug-likeness (QED) is 0.685. The van der Waals surface area contributed by atoms with Crippen molar-refractivity contribution in [2.45, 2.75) is 13.8 Å². The highest BCUT2D eigenvalue weighted by atomic mass is 79.9. The number of ether oxygens (including phenoxy) is 1. The second kappa shape index (κ2) is 8.99. The Morgan fingerprint density at radius 3 is 2.43 bits per heavy atom. The summed E-state index contributed by atoms with van der Waals surface area (Å²) < 4.78 is 6.66. The lowest BCUT2D eigenvalue weighted by atomic mass is 10.1. The second-order valence-electron chi connectivity index (χ2n) is 5.17. The minimum Gasteiger partial charge on any atom is -0.493 e. The van der Waals surface area contributed by atoms with E-state index < -0.39 is 0 Å². The maximum atomic E-state index is 12.0. The number of amides is 1. The number of thioether (sulfide) groups is 1. The van der Waals surface area contributed by atoms with Gasteiger partial charge in [-0.1, -0.05) is 34.1 Å². The topological polar surface area (TPSA) is 38.3 Å². The van der Waals surface area contributed by atoms with Crippen molar-refractivity contribution in [1.29, 1.82) is 0 Å². The van der Waals surface area contributed by atoms with Gasteiger partial charge in [-0.15, -0.1) is 11.8 Å². The SMILES string of the molecule is Cc1cccc(C)c1NC(=O)CSCCOc1ccc(Br)cc1. The van der Waals surface area contributed by atoms with E-state index in [2.05, 4.69) is 21.2 Å². The highest BCUT2D eigenvalue weighted by Crippen LogP contribution is 2.20. The standard InChI is InChI=1S/C18H20BrNO2S/c1-13-4-3-5-14(2)18(13)20-17(21)12-23-11-10-22-16-8-6-15(19)7-9-16/h3-9H,10-12H2,1-2H3,(H,20,21). The monoisotopic (exact) mass is 393 g/mol. The van der Waals surface area contributed by atoms with Gasteiger partial charge in [0, 0.05) is 15.9 Å². The molecule has 0 atom stereocenters. The Balaban J connectivity index is 1.68. The van der Waals surface area contributed by atoms with E-state index in [1.165, 1.54) is 0 Å². The summed E-state index contributed by atoms with van der Waals surface area (Å²) in [5.74, 6) is 2.07. The van der Waals surface area contributed by atoms with Crippen molar-refractivity contribution in [3.05, 3.63) is 58.1 Å². The normalized spacial score (nSPS) is 10.4. The zero-order valence-corrected chi connectivity index (χ0v) is 15.7. The van der Waals surface area contributed by atoms with Gasteiger partial charge in [-0.25, -0.2) is 0 Å². The molecule has 2 aromatic carbocycles. The number of halogens is 1. The van der Waals surface area contributed by atoms with Crippen molar-refractivity contribution < 1.29 is 9.53 Å². The van der Waals surface area contributed by atoms with Crippen molar-refractivity contribution in [2.75, 3.05) is 23.4 Å². The number of carbonyl (C=O) groups is 1. The Morgan fingerprint density at radius 1 is 1.13 bits per heavy atom. The Morgan fingerprint density at radius 2 is 1.78 bits per heavy atom. The molecule has 0 unspecified atom stereocenters. The van der Waals surface area contributed by atoms with Crippen LogP contribution in [0.5, 0.6) is 5.75 Å². The molecular weight excluding hydrogens is 374 g/mol. The maximum Gasteiger partial charge on any atom is 0.234 e. The molecule has 0 aromatic heterocycles. The minimum absolute atomic E-state index is 0.0241. The molecule has 0 bridgehead atoms. The summed E-state index contributed by atoms with van der Waals surface area (Å²) in [5.41, 5.74) is 3.09. The zero-order valence-electron chi connectivity index (χ0n) is 13.3. The molecule has 0 aliphatic rings. The van der Waals surface area contributed by atoms with Crippen LogP contribution in [0.2, 0.25) is 0 Å². The van der Waals surface area contributed by atoms with Crippen LogP contribution < -0.4 is 10.1 Å². The predicted molar refractivity (Wildman–Crippen MR) is 102 cm³/mol. The number of carbonyl (C=O) groups excluding carboxylic acids is 1. The van der Waals surface area contributed by atoms with Gasteiger partial charge in [-0.3, -0.25) is 4.79 Å². The lowest BCUT2D eigenvalue weighted by molar-refractivity contribution is -0.113. The molecule has 122 valence electrons. The molecule has 0 heterocycles. The minimum atomic E-state index is 0.0241. The van der Waals surface area contributed by atoms with Crippen LogP contribution in [-0.4, -0.2) is 24.0 Å². The molecule has 0 spiro atoms. The molecular formula is C18H20BrNO2S. The number of anilines is 1. The molecule has 1 N–H and O–H groups in total. The zero-order chi connectivity index (χ0) is 16.7. The number of benzene rings is 2. The van der Waals surface area contributed by atoms with Crippen molar-refractivity contribution in [3.8, 4) is 5.75 Å². The predicted octanol–water partition coefficient (Wildman–Crippen LogP) is 4.82. The van der Waals surface area contributed by atoms with E-state index in [0.29, 0.717) is 12.4 Å². The van der Waals surface area contributed by atoms with Crippen LogP contribution in [0.3, 0.4) is 0 Å². The van der Waals surface area contributed by atoms with E-state index in [0.717, 1.165) is 32.8 Å². The molecule has 23 heavy (non-hydrogen) atoms. The largest absolute Gasteiger partial charge is 0.493 e. The molecule has 2 aromatic rings. The molecule has 0 saturated carbocycles. The highest BCUT2D eigenvalue weighted by Gasteiger charge is 2.07. The third kappa shape index (κ3) is 5.92. The molecule has 0 aliphatic heterocycles. The van der Waals surface area contributed by atoms with E-state index in [-0.39, 0.29) is 5.91 Å². The van der Waals surface area contributed by atoms with E-state index in [4.69, 9.17) is 4.74 Å². The molecule has 5 heteroatoms. The average Bonchev–Trinajstić information content (AvgIpc) is 2.52. The summed E-state index contributed by atoms with van der Waals surface area (Å²) in [4.78, 5) is 12.0. The van der Waals surface area contributed by atoms with Crippen molar-refractivity contribution in [2.24, 2.45) is 0 Å². The fourth-order valence-electron chi connectivity index (χ4n) is 2.10. The van der Waals surface area contributed by atoms with Crippen LogP contribution in [-0.2, 0) is 4.79 Å². The molecule has 0 radical (unpaired) electrons. The Hall–Kier alpha value is -1.46. The van der Waals surface area contributed by atoms with Crippen LogP contribution in [0.15, 0.2) is 46.9 Å². The van der Waals surface area contributed by atoms with Crippen LogP contribution in [0.25, 0.3) is 0 Å². The molecule has 0 fully saturated rings. The van der Waals surface area contributed by atoms with Crippen molar-refractivity contribution in [1.82, 2.24) is 0 Å². The molecule has 1 amide bonds. The Kier molecular flexibility index (Phi) is 6.99. The molecule has 0 saturated heterocycles. The molecule has 0 aliphatic carbocycles. The third-order valence-electron chi connectivity index (χ3n) is 3.29. The van der Waals surface area contributed by atoms with Crippen LogP contribution >= 0.6 is 27.7 Å². The summed E-state index contributed by atoms with van der Waals surface area (Å²) in [6, 6.07) is 13.7. The van der Waals surface area contributed by atoms with E-state index in [9.17, 15) is 4.79 Å². The molecule has 2 rings (SSSR count). The average molecular weight is 394 g/mol. The first-order valence-corrected chi connectivity index (χ1v) is 9.33. The van der Waals surface area contributed by atoms with Gasteiger partial charge in [-0.05, 0) is 49.2 Å². The van der Waals surface area contributed by atoms with Crippen molar-refractivity contribution in [3.63, 3.8) is 0 Å². The van der Waals surface area contributed by atoms with Crippen LogP contribution in [0.1, 0.15) is 11.1 Å². The van der Waals surface area contributed by atoms with Gasteiger partial charge in [0.1, 0.15) is 5.75 Å². The van der Waals surface area contributed by atoms with E-state index in [1.807, 2.05) is 56.3 Å². The summed E-state index contributed by atoms with van der Waals surface area (Å²) in [5, 5.41) is 2.99. The molecule has 3 nitrogen and oxygen atoms in total. The number of rotatable bonds is 7. The first kappa shape index (κ1) is 17.9. The highest BCUT2D eigenvalue weighted by molar-refractivity contribution is 9.10. The second-order valence-corrected chi connectivity index (χ2v) is 7.19. The van der Waals surface area contributed by atoms with Crippen molar-refractivity contribution >= 4 is 39.3 Å². The lowest BCUT2D eigenvalue weighted by Crippen LogP contribution is -2.16. The van der Waals surface area contributed by atoms with Gasteiger partial charge < -0.3 is 10.1 Å². The van der Waals surface area contributed by atoms with Crippen LogP contribution in [0.4, 0.5) is 5.69 Å². The number of para-hydroxylation sites is 1. The fourth-order valence-corrected chi connectivity index (χ4v) is 2.97. The van der Waals surface area contributed by atoms with Gasteiger partial charge in [0.25, 0.3) is 0 Å². The van der Waals surface area contributed by atoms with Gasteiger partial charge in [0.15, 0.2) is 0 Å². The van der Waals surface area contributed by atoms with Crippen LogP contribution in [0, 0.1) is 13.8 Å². The number of aryl methyl sites for hydroxylation is 2. The summed E-state index contributed by atoms with van der Waals surface area (Å²) in [7, 11) is 0.